The van der Waals surface area contributed by atoms with Gasteiger partial charge in [-0.2, -0.15) is 0 Å². The Hall–Kier alpha value is -0.910. The van der Waals surface area contributed by atoms with E-state index in [2.05, 4.69) is 0 Å². The minimum absolute atomic E-state index is 0.00139. The van der Waals surface area contributed by atoms with Gasteiger partial charge in [-0.25, -0.2) is 8.42 Å². The molecule has 0 radical (unpaired) electrons. The summed E-state index contributed by atoms with van der Waals surface area (Å²) in [6.45, 7) is 0. The fraction of sp³-hybridized carbons (Fsp3) is 0.222. The van der Waals surface area contributed by atoms with Gasteiger partial charge in [-0.3, -0.25) is 4.79 Å². The fourth-order valence-corrected chi connectivity index (χ4v) is 3.32. The molecule has 6 heteroatoms. The van der Waals surface area contributed by atoms with Crippen molar-refractivity contribution in [2.24, 2.45) is 0 Å². The molecular weight excluding hydrogens is 240 g/mol. The first-order valence-corrected chi connectivity index (χ1v) is 6.10. The molecule has 0 aliphatic carbocycles. The van der Waals surface area contributed by atoms with Gasteiger partial charge in [0.05, 0.1) is 4.90 Å². The number of rotatable bonds is 1. The van der Waals surface area contributed by atoms with Crippen LogP contribution in [0.4, 0.5) is 0 Å². The van der Waals surface area contributed by atoms with Gasteiger partial charge in [-0.1, -0.05) is 6.07 Å². The van der Waals surface area contributed by atoms with Crippen LogP contribution in [0.2, 0.25) is 0 Å². The number of carbonyl (C=O) groups is 1. The molecule has 2 rings (SSSR count). The van der Waals surface area contributed by atoms with E-state index < -0.39 is 20.5 Å². The maximum Gasteiger partial charge on any atom is 0.252 e. The average Bonchev–Trinajstić information content (AvgIpc) is 2.38. The summed E-state index contributed by atoms with van der Waals surface area (Å²) in [5.74, 6) is 0. The minimum atomic E-state index is -3.70. The van der Waals surface area contributed by atoms with Crippen molar-refractivity contribution < 1.29 is 18.3 Å². The van der Waals surface area contributed by atoms with E-state index in [4.69, 9.17) is 11.6 Å². The smallest absolute Gasteiger partial charge is 0.252 e. The molecule has 0 amide bonds. The molecule has 1 N–H and O–H groups in total. The number of aliphatic hydroxyl groups is 1. The number of hydrogen-bond donors (Lipinski definition) is 1. The second kappa shape index (κ2) is 3.30. The van der Waals surface area contributed by atoms with Crippen molar-refractivity contribution in [2.75, 3.05) is 0 Å². The highest BCUT2D eigenvalue weighted by atomic mass is 35.5. The number of carbonyl (C=O) groups excluding carboxylic acids is 1. The molecule has 0 saturated carbocycles. The summed E-state index contributed by atoms with van der Waals surface area (Å²) >= 11 is 5.31. The zero-order valence-electron chi connectivity index (χ0n) is 7.47. The van der Waals surface area contributed by atoms with Gasteiger partial charge >= 0.3 is 0 Å². The van der Waals surface area contributed by atoms with Crippen LogP contribution < -0.4 is 0 Å². The molecule has 1 unspecified atom stereocenters. The third kappa shape index (κ3) is 1.47. The van der Waals surface area contributed by atoms with Crippen LogP contribution in [0, 0.1) is 0 Å². The topological polar surface area (TPSA) is 71.4 Å². The SMILES string of the molecule is O=C(Cl)c1cccc2c1CC(O)S2(=O)=O. The summed E-state index contributed by atoms with van der Waals surface area (Å²) in [6.07, 6.45) is -0.0771. The van der Waals surface area contributed by atoms with Gasteiger partial charge in [0.15, 0.2) is 5.44 Å². The Labute approximate surface area is 91.4 Å². The molecule has 1 aromatic rings. The van der Waals surface area contributed by atoms with Gasteiger partial charge in [-0.05, 0) is 29.3 Å². The Morgan fingerprint density at radius 2 is 2.13 bits per heavy atom. The minimum Gasteiger partial charge on any atom is -0.376 e. The first-order valence-electron chi connectivity index (χ1n) is 4.18. The Bertz CT molecular complexity index is 535. The molecule has 1 heterocycles. The number of sulfone groups is 1. The van der Waals surface area contributed by atoms with Crippen molar-refractivity contribution in [2.45, 2.75) is 16.8 Å². The zero-order valence-corrected chi connectivity index (χ0v) is 9.05. The summed E-state index contributed by atoms with van der Waals surface area (Å²) in [4.78, 5) is 11.0. The van der Waals surface area contributed by atoms with Crippen LogP contribution >= 0.6 is 11.6 Å². The lowest BCUT2D eigenvalue weighted by molar-refractivity contribution is 0.108. The van der Waals surface area contributed by atoms with Gasteiger partial charge in [-0.15, -0.1) is 0 Å². The quantitative estimate of drug-likeness (QED) is 0.741. The highest BCUT2D eigenvalue weighted by Gasteiger charge is 2.37. The molecule has 15 heavy (non-hydrogen) atoms. The van der Waals surface area contributed by atoms with Gasteiger partial charge in [0.25, 0.3) is 5.24 Å². The van der Waals surface area contributed by atoms with Crippen molar-refractivity contribution in [3.63, 3.8) is 0 Å². The maximum atomic E-state index is 11.6. The molecule has 0 aromatic heterocycles. The van der Waals surface area contributed by atoms with Gasteiger partial charge < -0.3 is 5.11 Å². The van der Waals surface area contributed by atoms with Crippen LogP contribution in [0.5, 0.6) is 0 Å². The average molecular weight is 247 g/mol. The van der Waals surface area contributed by atoms with E-state index in [-0.39, 0.29) is 16.9 Å². The molecule has 1 atom stereocenters. The summed E-state index contributed by atoms with van der Waals surface area (Å²) in [6, 6.07) is 4.25. The van der Waals surface area contributed by atoms with Crippen LogP contribution in [0.15, 0.2) is 23.1 Å². The van der Waals surface area contributed by atoms with E-state index in [1.165, 1.54) is 18.2 Å². The van der Waals surface area contributed by atoms with E-state index in [9.17, 15) is 18.3 Å². The van der Waals surface area contributed by atoms with Crippen LogP contribution in [0.3, 0.4) is 0 Å². The summed E-state index contributed by atoms with van der Waals surface area (Å²) in [7, 11) is -3.70. The predicted octanol–water partition coefficient (Wildman–Crippen LogP) is 0.714. The van der Waals surface area contributed by atoms with E-state index in [1.54, 1.807) is 0 Å². The highest BCUT2D eigenvalue weighted by molar-refractivity contribution is 7.92. The Balaban J connectivity index is 2.74. The van der Waals surface area contributed by atoms with Gasteiger partial charge in [0.2, 0.25) is 9.84 Å². The molecule has 4 nitrogen and oxygen atoms in total. The normalized spacial score (nSPS) is 22.4. The summed E-state index contributed by atoms with van der Waals surface area (Å²) < 4.78 is 23.1. The zero-order chi connectivity index (χ0) is 11.2. The molecule has 0 spiro atoms. The van der Waals surface area contributed by atoms with Crippen molar-refractivity contribution in [1.82, 2.24) is 0 Å². The fourth-order valence-electron chi connectivity index (χ4n) is 1.66. The largest absolute Gasteiger partial charge is 0.376 e. The molecule has 80 valence electrons. The lowest BCUT2D eigenvalue weighted by atomic mass is 10.1. The Kier molecular flexibility index (Phi) is 2.33. The van der Waals surface area contributed by atoms with Crippen LogP contribution in [0.1, 0.15) is 15.9 Å². The maximum absolute atomic E-state index is 11.6. The number of halogens is 1. The van der Waals surface area contributed by atoms with Crippen molar-refractivity contribution in [3.05, 3.63) is 29.3 Å². The Morgan fingerprint density at radius 1 is 1.47 bits per heavy atom. The molecule has 0 fully saturated rings. The predicted molar refractivity (Wildman–Crippen MR) is 53.5 cm³/mol. The van der Waals surface area contributed by atoms with Crippen LogP contribution in [0.25, 0.3) is 0 Å². The number of hydrogen-bond acceptors (Lipinski definition) is 4. The standard InChI is InChI=1S/C9H7ClO4S/c10-9(12)5-2-1-3-7-6(5)4-8(11)15(7,13)14/h1-3,8,11H,4H2. The second-order valence-corrected chi connectivity index (χ2v) is 5.68. The molecule has 0 bridgehead atoms. The van der Waals surface area contributed by atoms with Crippen molar-refractivity contribution >= 4 is 26.7 Å². The lowest BCUT2D eigenvalue weighted by Crippen LogP contribution is -2.15. The van der Waals surface area contributed by atoms with E-state index in [1.807, 2.05) is 0 Å². The van der Waals surface area contributed by atoms with E-state index >= 15 is 0 Å². The number of aliphatic hydroxyl groups excluding tert-OH is 1. The third-order valence-corrected chi connectivity index (χ3v) is 4.47. The molecule has 1 aromatic carbocycles. The number of fused-ring (bicyclic) bond motifs is 1. The first kappa shape index (κ1) is 10.6. The highest BCUT2D eigenvalue weighted by Crippen LogP contribution is 2.32. The summed E-state index contributed by atoms with van der Waals surface area (Å²) in [5.41, 5.74) is -1.01. The summed E-state index contributed by atoms with van der Waals surface area (Å²) in [5, 5.41) is 8.63. The third-order valence-electron chi connectivity index (χ3n) is 2.39. The van der Waals surface area contributed by atoms with Gasteiger partial charge in [0.1, 0.15) is 0 Å². The van der Waals surface area contributed by atoms with E-state index in [0.29, 0.717) is 5.56 Å². The second-order valence-electron chi connectivity index (χ2n) is 3.26. The first-order chi connectivity index (χ1) is 6.94. The number of benzene rings is 1. The van der Waals surface area contributed by atoms with Crippen molar-refractivity contribution in [1.29, 1.82) is 0 Å². The molecule has 0 saturated heterocycles. The lowest BCUT2D eigenvalue weighted by Gasteiger charge is -2.01. The Morgan fingerprint density at radius 3 is 2.73 bits per heavy atom. The molecular formula is C9H7ClO4S. The van der Waals surface area contributed by atoms with Crippen LogP contribution in [-0.2, 0) is 16.3 Å². The van der Waals surface area contributed by atoms with E-state index in [0.717, 1.165) is 0 Å². The molecule has 1 aliphatic rings. The molecule has 1 aliphatic heterocycles. The monoisotopic (exact) mass is 246 g/mol. The van der Waals surface area contributed by atoms with Crippen molar-refractivity contribution in [3.8, 4) is 0 Å². The van der Waals surface area contributed by atoms with Gasteiger partial charge in [0, 0.05) is 12.0 Å². The van der Waals surface area contributed by atoms with Crippen LogP contribution in [-0.4, -0.2) is 24.2 Å².